The Hall–Kier alpha value is -0.390. The van der Waals surface area contributed by atoms with E-state index in [2.05, 4.69) is 43.2 Å². The van der Waals surface area contributed by atoms with Gasteiger partial charge in [-0.05, 0) is 59.9 Å². The number of piperidine rings is 1. The van der Waals surface area contributed by atoms with Gasteiger partial charge in [0.15, 0.2) is 0 Å². The SMILES string of the molecule is CN1CCCC(CNc2nc(Cl)ncc2Br)C1. The Morgan fingerprint density at radius 2 is 2.47 bits per heavy atom. The highest BCUT2D eigenvalue weighted by Crippen LogP contribution is 2.22. The topological polar surface area (TPSA) is 41.0 Å². The van der Waals surface area contributed by atoms with Crippen LogP contribution in [-0.4, -0.2) is 41.5 Å². The van der Waals surface area contributed by atoms with Crippen LogP contribution in [0.15, 0.2) is 10.7 Å². The van der Waals surface area contributed by atoms with Crippen LogP contribution in [0.4, 0.5) is 5.82 Å². The maximum absolute atomic E-state index is 5.77. The molecule has 94 valence electrons. The smallest absolute Gasteiger partial charge is 0.224 e. The van der Waals surface area contributed by atoms with Crippen molar-refractivity contribution in [3.8, 4) is 0 Å². The second kappa shape index (κ2) is 5.98. The van der Waals surface area contributed by atoms with Crippen molar-refractivity contribution in [2.24, 2.45) is 5.92 Å². The number of hydrogen-bond donors (Lipinski definition) is 1. The lowest BCUT2D eigenvalue weighted by Gasteiger charge is -2.29. The lowest BCUT2D eigenvalue weighted by Crippen LogP contribution is -2.35. The zero-order chi connectivity index (χ0) is 12.3. The van der Waals surface area contributed by atoms with E-state index in [4.69, 9.17) is 11.6 Å². The highest BCUT2D eigenvalue weighted by molar-refractivity contribution is 9.10. The summed E-state index contributed by atoms with van der Waals surface area (Å²) >= 11 is 9.18. The van der Waals surface area contributed by atoms with Crippen LogP contribution >= 0.6 is 27.5 Å². The molecule has 0 spiro atoms. The van der Waals surface area contributed by atoms with Crippen LogP contribution < -0.4 is 5.32 Å². The summed E-state index contributed by atoms with van der Waals surface area (Å²) in [6.45, 7) is 3.28. The van der Waals surface area contributed by atoms with Gasteiger partial charge in [-0.1, -0.05) is 0 Å². The van der Waals surface area contributed by atoms with Gasteiger partial charge in [0.25, 0.3) is 0 Å². The third kappa shape index (κ3) is 3.79. The Balaban J connectivity index is 1.90. The Morgan fingerprint density at radius 1 is 1.65 bits per heavy atom. The predicted octanol–water partition coefficient (Wildman–Crippen LogP) is 2.65. The molecular weight excluding hydrogens is 304 g/mol. The van der Waals surface area contributed by atoms with Crippen LogP contribution in [0.2, 0.25) is 5.28 Å². The predicted molar refractivity (Wildman–Crippen MR) is 73.5 cm³/mol. The molecule has 1 aromatic heterocycles. The minimum Gasteiger partial charge on any atom is -0.369 e. The number of hydrogen-bond acceptors (Lipinski definition) is 4. The quantitative estimate of drug-likeness (QED) is 0.870. The first kappa shape index (κ1) is 13.1. The molecule has 2 heterocycles. The third-order valence-electron chi connectivity index (χ3n) is 2.99. The minimum atomic E-state index is 0.275. The molecule has 0 aromatic carbocycles. The van der Waals surface area contributed by atoms with E-state index in [-0.39, 0.29) is 5.28 Å². The van der Waals surface area contributed by atoms with Crippen molar-refractivity contribution in [2.75, 3.05) is 32.0 Å². The first-order chi connectivity index (χ1) is 8.15. The summed E-state index contributed by atoms with van der Waals surface area (Å²) in [7, 11) is 2.17. The number of likely N-dealkylation sites (tertiary alicyclic amines) is 1. The molecule has 4 nitrogen and oxygen atoms in total. The van der Waals surface area contributed by atoms with Crippen LogP contribution in [0, 0.1) is 5.92 Å². The van der Waals surface area contributed by atoms with Crippen LogP contribution in [-0.2, 0) is 0 Å². The molecule has 1 aliphatic heterocycles. The van der Waals surface area contributed by atoms with Crippen LogP contribution in [0.1, 0.15) is 12.8 Å². The van der Waals surface area contributed by atoms with Gasteiger partial charge >= 0.3 is 0 Å². The van der Waals surface area contributed by atoms with Crippen LogP contribution in [0.3, 0.4) is 0 Å². The standard InChI is InChI=1S/C11H16BrClN4/c1-17-4-2-3-8(7-17)5-14-10-9(12)6-15-11(13)16-10/h6,8H,2-5,7H2,1H3,(H,14,15,16). The number of halogens is 2. The maximum atomic E-state index is 5.77. The van der Waals surface area contributed by atoms with Gasteiger partial charge in [-0.25, -0.2) is 4.98 Å². The van der Waals surface area contributed by atoms with E-state index in [1.54, 1.807) is 6.20 Å². The molecule has 2 rings (SSSR count). The van der Waals surface area contributed by atoms with Crippen molar-refractivity contribution in [1.82, 2.24) is 14.9 Å². The van der Waals surface area contributed by atoms with Gasteiger partial charge in [-0.3, -0.25) is 0 Å². The van der Waals surface area contributed by atoms with E-state index in [0.29, 0.717) is 5.92 Å². The maximum Gasteiger partial charge on any atom is 0.224 e. The fourth-order valence-corrected chi connectivity index (χ4v) is 2.61. The number of anilines is 1. The van der Waals surface area contributed by atoms with Gasteiger partial charge in [0.1, 0.15) is 5.82 Å². The molecule has 0 amide bonds. The second-order valence-electron chi connectivity index (χ2n) is 4.49. The summed E-state index contributed by atoms with van der Waals surface area (Å²) in [5.74, 6) is 1.45. The van der Waals surface area contributed by atoms with E-state index in [9.17, 15) is 0 Å². The summed E-state index contributed by atoms with van der Waals surface area (Å²) in [6.07, 6.45) is 4.22. The van der Waals surface area contributed by atoms with Gasteiger partial charge in [0.05, 0.1) is 4.47 Å². The Morgan fingerprint density at radius 3 is 3.24 bits per heavy atom. The molecule has 1 N–H and O–H groups in total. The zero-order valence-electron chi connectivity index (χ0n) is 9.79. The number of aromatic nitrogens is 2. The lowest BCUT2D eigenvalue weighted by molar-refractivity contribution is 0.217. The van der Waals surface area contributed by atoms with Crippen molar-refractivity contribution in [1.29, 1.82) is 0 Å². The van der Waals surface area contributed by atoms with Crippen LogP contribution in [0.25, 0.3) is 0 Å². The molecular formula is C11H16BrClN4. The van der Waals surface area contributed by atoms with Gasteiger partial charge in [-0.2, -0.15) is 4.98 Å². The molecule has 1 saturated heterocycles. The molecule has 17 heavy (non-hydrogen) atoms. The summed E-state index contributed by atoms with van der Waals surface area (Å²) in [5.41, 5.74) is 0. The first-order valence-electron chi connectivity index (χ1n) is 5.75. The average molecular weight is 320 g/mol. The van der Waals surface area contributed by atoms with Gasteiger partial charge < -0.3 is 10.2 Å². The van der Waals surface area contributed by atoms with E-state index in [1.165, 1.54) is 19.4 Å². The summed E-state index contributed by atoms with van der Waals surface area (Å²) < 4.78 is 0.853. The Bertz CT molecular complexity index is 388. The molecule has 1 atom stereocenters. The second-order valence-corrected chi connectivity index (χ2v) is 5.68. The van der Waals surface area contributed by atoms with Gasteiger partial charge in [0.2, 0.25) is 5.28 Å². The van der Waals surface area contributed by atoms with E-state index >= 15 is 0 Å². The van der Waals surface area contributed by atoms with Crippen molar-refractivity contribution in [3.63, 3.8) is 0 Å². The molecule has 0 saturated carbocycles. The molecule has 0 radical (unpaired) electrons. The molecule has 0 aliphatic carbocycles. The zero-order valence-corrected chi connectivity index (χ0v) is 12.1. The van der Waals surface area contributed by atoms with Gasteiger partial charge in [-0.15, -0.1) is 0 Å². The molecule has 1 unspecified atom stereocenters. The normalized spacial score (nSPS) is 21.5. The van der Waals surface area contributed by atoms with Crippen molar-refractivity contribution >= 4 is 33.3 Å². The molecule has 6 heteroatoms. The Labute approximate surface area is 115 Å². The molecule has 0 bridgehead atoms. The monoisotopic (exact) mass is 318 g/mol. The molecule has 1 aromatic rings. The third-order valence-corrected chi connectivity index (χ3v) is 3.76. The number of rotatable bonds is 3. The highest BCUT2D eigenvalue weighted by atomic mass is 79.9. The molecule has 1 aliphatic rings. The van der Waals surface area contributed by atoms with Crippen LogP contribution in [0.5, 0.6) is 0 Å². The van der Waals surface area contributed by atoms with Crippen molar-refractivity contribution in [3.05, 3.63) is 16.0 Å². The summed E-state index contributed by atoms with van der Waals surface area (Å²) in [5, 5.41) is 3.61. The average Bonchev–Trinajstić information content (AvgIpc) is 2.30. The fraction of sp³-hybridized carbons (Fsp3) is 0.636. The largest absolute Gasteiger partial charge is 0.369 e. The Kier molecular flexibility index (Phi) is 4.59. The van der Waals surface area contributed by atoms with Crippen molar-refractivity contribution in [2.45, 2.75) is 12.8 Å². The summed E-state index contributed by atoms with van der Waals surface area (Å²) in [4.78, 5) is 10.4. The van der Waals surface area contributed by atoms with Crippen molar-refractivity contribution < 1.29 is 0 Å². The number of nitrogens with one attached hydrogen (secondary N) is 1. The van der Waals surface area contributed by atoms with E-state index < -0.39 is 0 Å². The first-order valence-corrected chi connectivity index (χ1v) is 6.92. The van der Waals surface area contributed by atoms with E-state index in [1.807, 2.05) is 0 Å². The van der Waals surface area contributed by atoms with Gasteiger partial charge in [0, 0.05) is 19.3 Å². The highest BCUT2D eigenvalue weighted by Gasteiger charge is 2.17. The minimum absolute atomic E-state index is 0.275. The summed E-state index contributed by atoms with van der Waals surface area (Å²) in [6, 6.07) is 0. The van der Waals surface area contributed by atoms with E-state index in [0.717, 1.165) is 23.4 Å². The fourth-order valence-electron chi connectivity index (χ4n) is 2.15. The number of nitrogens with zero attached hydrogens (tertiary/aromatic N) is 3. The molecule has 1 fully saturated rings. The lowest BCUT2D eigenvalue weighted by atomic mass is 9.98.